The van der Waals surface area contributed by atoms with Gasteiger partial charge < -0.3 is 15.3 Å². The first-order valence-corrected chi connectivity index (χ1v) is 7.38. The maximum absolute atomic E-state index is 12.4. The van der Waals surface area contributed by atoms with Crippen LogP contribution in [0.5, 0.6) is 0 Å². The predicted octanol–water partition coefficient (Wildman–Crippen LogP) is 1.52. The van der Waals surface area contributed by atoms with Gasteiger partial charge in [0, 0.05) is 25.6 Å². The van der Waals surface area contributed by atoms with Crippen LogP contribution in [0.2, 0.25) is 0 Å². The minimum atomic E-state index is -0.896. The van der Waals surface area contributed by atoms with Crippen LogP contribution >= 0.6 is 0 Å². The number of nitrogens with zero attached hydrogens (tertiary/aromatic N) is 1. The van der Waals surface area contributed by atoms with Crippen LogP contribution in [-0.4, -0.2) is 41.5 Å². The van der Waals surface area contributed by atoms with Crippen LogP contribution in [0.1, 0.15) is 35.3 Å². The van der Waals surface area contributed by atoms with Crippen LogP contribution in [0.4, 0.5) is 0 Å². The lowest BCUT2D eigenvalue weighted by atomic mass is 9.94. The fraction of sp³-hybridized carbons (Fsp3) is 0.500. The SMILES string of the molecule is CCNCC(C)C(=O)N1CCc2c(cccc2C(=O)O)C1. The molecule has 114 valence electrons. The lowest BCUT2D eigenvalue weighted by Gasteiger charge is -2.31. The zero-order chi connectivity index (χ0) is 15.4. The number of carbonyl (C=O) groups excluding carboxylic acids is 1. The van der Waals surface area contributed by atoms with Crippen molar-refractivity contribution in [1.29, 1.82) is 0 Å². The Morgan fingerprint density at radius 1 is 1.43 bits per heavy atom. The van der Waals surface area contributed by atoms with Crippen molar-refractivity contribution in [3.05, 3.63) is 34.9 Å². The summed E-state index contributed by atoms with van der Waals surface area (Å²) in [6.45, 7) is 6.56. The number of benzene rings is 1. The molecular formula is C16H22N2O3. The van der Waals surface area contributed by atoms with Crippen LogP contribution in [0.3, 0.4) is 0 Å². The molecule has 2 N–H and O–H groups in total. The van der Waals surface area contributed by atoms with Gasteiger partial charge in [0.2, 0.25) is 5.91 Å². The normalized spacial score (nSPS) is 15.4. The average molecular weight is 290 g/mol. The number of carboxylic acids is 1. The third-order valence-electron chi connectivity index (χ3n) is 3.93. The van der Waals surface area contributed by atoms with E-state index in [4.69, 9.17) is 0 Å². The molecule has 1 aromatic rings. The van der Waals surface area contributed by atoms with Crippen molar-refractivity contribution in [1.82, 2.24) is 10.2 Å². The van der Waals surface area contributed by atoms with E-state index in [-0.39, 0.29) is 11.8 Å². The summed E-state index contributed by atoms with van der Waals surface area (Å²) in [5, 5.41) is 12.4. The van der Waals surface area contributed by atoms with Crippen LogP contribution in [0, 0.1) is 5.92 Å². The van der Waals surface area contributed by atoms with Crippen molar-refractivity contribution in [3.8, 4) is 0 Å². The average Bonchev–Trinajstić information content (AvgIpc) is 2.50. The van der Waals surface area contributed by atoms with E-state index in [0.717, 1.165) is 17.7 Å². The number of amides is 1. The maximum Gasteiger partial charge on any atom is 0.335 e. The number of carboxylic acid groups (broad SMARTS) is 1. The lowest BCUT2D eigenvalue weighted by Crippen LogP contribution is -2.42. The molecule has 1 heterocycles. The molecule has 1 amide bonds. The zero-order valence-electron chi connectivity index (χ0n) is 12.6. The van der Waals surface area contributed by atoms with E-state index in [2.05, 4.69) is 5.32 Å². The Balaban J connectivity index is 2.11. The summed E-state index contributed by atoms with van der Waals surface area (Å²) in [5.74, 6) is -0.830. The highest BCUT2D eigenvalue weighted by Gasteiger charge is 2.26. The fourth-order valence-corrected chi connectivity index (χ4v) is 2.76. The van der Waals surface area contributed by atoms with Gasteiger partial charge in [-0.3, -0.25) is 4.79 Å². The van der Waals surface area contributed by atoms with E-state index in [0.29, 0.717) is 31.6 Å². The van der Waals surface area contributed by atoms with Gasteiger partial charge in [0.05, 0.1) is 5.56 Å². The molecule has 1 aromatic carbocycles. The minimum Gasteiger partial charge on any atom is -0.478 e. The predicted molar refractivity (Wildman–Crippen MR) is 80.2 cm³/mol. The summed E-state index contributed by atoms with van der Waals surface area (Å²) in [5.41, 5.74) is 2.18. The van der Waals surface area contributed by atoms with Gasteiger partial charge in [0.15, 0.2) is 0 Å². The van der Waals surface area contributed by atoms with Gasteiger partial charge in [-0.1, -0.05) is 26.0 Å². The number of fused-ring (bicyclic) bond motifs is 1. The topological polar surface area (TPSA) is 69.6 Å². The highest BCUT2D eigenvalue weighted by atomic mass is 16.4. The Kier molecular flexibility index (Phi) is 4.96. The van der Waals surface area contributed by atoms with E-state index in [9.17, 15) is 14.7 Å². The van der Waals surface area contributed by atoms with E-state index in [1.807, 2.05) is 24.8 Å². The highest BCUT2D eigenvalue weighted by molar-refractivity contribution is 5.90. The van der Waals surface area contributed by atoms with Crippen molar-refractivity contribution in [2.45, 2.75) is 26.8 Å². The van der Waals surface area contributed by atoms with Crippen molar-refractivity contribution >= 4 is 11.9 Å². The van der Waals surface area contributed by atoms with Crippen molar-refractivity contribution in [3.63, 3.8) is 0 Å². The molecule has 1 atom stereocenters. The molecule has 0 fully saturated rings. The Morgan fingerprint density at radius 3 is 2.86 bits per heavy atom. The molecule has 0 radical (unpaired) electrons. The molecule has 5 heteroatoms. The van der Waals surface area contributed by atoms with Crippen LogP contribution in [-0.2, 0) is 17.8 Å². The first-order valence-electron chi connectivity index (χ1n) is 7.38. The molecule has 5 nitrogen and oxygen atoms in total. The number of hydrogen-bond acceptors (Lipinski definition) is 3. The molecule has 21 heavy (non-hydrogen) atoms. The van der Waals surface area contributed by atoms with Crippen LogP contribution in [0.15, 0.2) is 18.2 Å². The first-order chi connectivity index (χ1) is 10.0. The summed E-state index contributed by atoms with van der Waals surface area (Å²) < 4.78 is 0. The lowest BCUT2D eigenvalue weighted by molar-refractivity contribution is -0.135. The quantitative estimate of drug-likeness (QED) is 0.862. The molecule has 0 aromatic heterocycles. The summed E-state index contributed by atoms with van der Waals surface area (Å²) in [4.78, 5) is 25.5. The van der Waals surface area contributed by atoms with Crippen molar-refractivity contribution in [2.24, 2.45) is 5.92 Å². The largest absolute Gasteiger partial charge is 0.478 e. The Labute approximate surface area is 125 Å². The molecule has 1 unspecified atom stereocenters. The van der Waals surface area contributed by atoms with Crippen molar-refractivity contribution < 1.29 is 14.7 Å². The van der Waals surface area contributed by atoms with Gasteiger partial charge in [-0.25, -0.2) is 4.79 Å². The Hall–Kier alpha value is -1.88. The molecular weight excluding hydrogens is 268 g/mol. The van der Waals surface area contributed by atoms with E-state index in [1.165, 1.54) is 0 Å². The van der Waals surface area contributed by atoms with Gasteiger partial charge in [-0.15, -0.1) is 0 Å². The molecule has 0 bridgehead atoms. The van der Waals surface area contributed by atoms with Gasteiger partial charge in [0.25, 0.3) is 0 Å². The summed E-state index contributed by atoms with van der Waals surface area (Å²) >= 11 is 0. The molecule has 2 rings (SSSR count). The third-order valence-corrected chi connectivity index (χ3v) is 3.93. The second kappa shape index (κ2) is 6.72. The number of rotatable bonds is 5. The van der Waals surface area contributed by atoms with Gasteiger partial charge in [0.1, 0.15) is 0 Å². The van der Waals surface area contributed by atoms with E-state index in [1.54, 1.807) is 12.1 Å². The van der Waals surface area contributed by atoms with Gasteiger partial charge in [-0.05, 0) is 30.2 Å². The summed E-state index contributed by atoms with van der Waals surface area (Å²) in [6, 6.07) is 5.29. The highest BCUT2D eigenvalue weighted by Crippen LogP contribution is 2.23. The second-order valence-electron chi connectivity index (χ2n) is 5.47. The molecule has 1 aliphatic rings. The minimum absolute atomic E-state index is 0.0610. The Bertz CT molecular complexity index is 542. The third kappa shape index (κ3) is 3.42. The molecule has 0 saturated heterocycles. The summed E-state index contributed by atoms with van der Waals surface area (Å²) in [7, 11) is 0. The summed E-state index contributed by atoms with van der Waals surface area (Å²) in [6.07, 6.45) is 0.609. The molecule has 0 aliphatic carbocycles. The smallest absolute Gasteiger partial charge is 0.335 e. The van der Waals surface area contributed by atoms with Gasteiger partial charge in [-0.2, -0.15) is 0 Å². The number of nitrogens with one attached hydrogen (secondary N) is 1. The van der Waals surface area contributed by atoms with Crippen molar-refractivity contribution in [2.75, 3.05) is 19.6 Å². The van der Waals surface area contributed by atoms with E-state index >= 15 is 0 Å². The van der Waals surface area contributed by atoms with Gasteiger partial charge >= 0.3 is 5.97 Å². The van der Waals surface area contributed by atoms with Crippen LogP contribution in [0.25, 0.3) is 0 Å². The standard InChI is InChI=1S/C16H22N2O3/c1-3-17-9-11(2)15(19)18-8-7-13-12(10-18)5-4-6-14(13)16(20)21/h4-6,11,17H,3,7-10H2,1-2H3,(H,20,21). The second-order valence-corrected chi connectivity index (χ2v) is 5.47. The maximum atomic E-state index is 12.4. The molecule has 1 aliphatic heterocycles. The number of aromatic carboxylic acids is 1. The first kappa shape index (κ1) is 15.5. The Morgan fingerprint density at radius 2 is 2.19 bits per heavy atom. The van der Waals surface area contributed by atoms with E-state index < -0.39 is 5.97 Å². The zero-order valence-corrected chi connectivity index (χ0v) is 12.6. The number of hydrogen-bond donors (Lipinski definition) is 2. The molecule has 0 saturated carbocycles. The molecule has 0 spiro atoms. The number of carbonyl (C=O) groups is 2. The monoisotopic (exact) mass is 290 g/mol. The fourth-order valence-electron chi connectivity index (χ4n) is 2.76. The van der Waals surface area contributed by atoms with Crippen LogP contribution < -0.4 is 5.32 Å².